The molecule has 1 aliphatic rings. The van der Waals surface area contributed by atoms with E-state index >= 15 is 0 Å². The Morgan fingerprint density at radius 1 is 1.17 bits per heavy atom. The molecule has 1 aliphatic carbocycles. The zero-order chi connectivity index (χ0) is 16.1. The van der Waals surface area contributed by atoms with Crippen molar-refractivity contribution < 1.29 is 4.79 Å². The molecule has 2 aromatic rings. The van der Waals surface area contributed by atoms with Crippen molar-refractivity contribution in [3.05, 3.63) is 41.7 Å². The van der Waals surface area contributed by atoms with Gasteiger partial charge in [0.25, 0.3) is 0 Å². The molecule has 0 unspecified atom stereocenters. The number of nitrogens with two attached hydrogens (primary N) is 1. The Hall–Kier alpha value is -1.82. The molecular weight excluding hydrogens is 308 g/mol. The van der Waals surface area contributed by atoms with Gasteiger partial charge in [-0.25, -0.2) is 0 Å². The third kappa shape index (κ3) is 4.13. The second kappa shape index (κ2) is 7.64. The maximum Gasteiger partial charge on any atom is 0.227 e. The van der Waals surface area contributed by atoms with E-state index in [0.29, 0.717) is 5.92 Å². The zero-order valence-electron chi connectivity index (χ0n) is 13.1. The highest BCUT2D eigenvalue weighted by atomic mass is 32.2. The lowest BCUT2D eigenvalue weighted by Crippen LogP contribution is -2.16. The number of carbonyl (C=O) groups is 1. The van der Waals surface area contributed by atoms with Crippen molar-refractivity contribution in [2.24, 2.45) is 5.73 Å². The molecule has 1 saturated carbocycles. The van der Waals surface area contributed by atoms with Gasteiger partial charge in [-0.2, -0.15) is 0 Å². The summed E-state index contributed by atoms with van der Waals surface area (Å²) in [5.41, 5.74) is 6.49. The van der Waals surface area contributed by atoms with Gasteiger partial charge in [-0.15, -0.1) is 10.2 Å². The minimum absolute atomic E-state index is 0.234. The van der Waals surface area contributed by atoms with E-state index in [-0.39, 0.29) is 11.7 Å². The highest BCUT2D eigenvalue weighted by Gasteiger charge is 2.23. The molecule has 1 aromatic carbocycles. The first kappa shape index (κ1) is 16.1. The number of benzene rings is 1. The van der Waals surface area contributed by atoms with Crippen LogP contribution in [0.1, 0.15) is 49.4 Å². The largest absolute Gasteiger partial charge is 0.369 e. The molecule has 0 radical (unpaired) electrons. The van der Waals surface area contributed by atoms with Crippen molar-refractivity contribution >= 4 is 17.7 Å². The first-order valence-electron chi connectivity index (χ1n) is 8.12. The van der Waals surface area contributed by atoms with Crippen molar-refractivity contribution in [3.8, 4) is 0 Å². The third-order valence-electron chi connectivity index (χ3n) is 4.24. The van der Waals surface area contributed by atoms with Gasteiger partial charge in [-0.05, 0) is 18.4 Å². The summed E-state index contributed by atoms with van der Waals surface area (Å²) in [4.78, 5) is 11.1. The van der Waals surface area contributed by atoms with Gasteiger partial charge in [0.2, 0.25) is 5.91 Å². The van der Waals surface area contributed by atoms with Gasteiger partial charge < -0.3 is 10.3 Å². The second-order valence-corrected chi connectivity index (χ2v) is 6.94. The molecule has 0 spiro atoms. The van der Waals surface area contributed by atoms with Gasteiger partial charge in [0.1, 0.15) is 5.82 Å². The van der Waals surface area contributed by atoms with E-state index in [1.165, 1.54) is 49.4 Å². The zero-order valence-corrected chi connectivity index (χ0v) is 14.0. The van der Waals surface area contributed by atoms with E-state index in [1.807, 2.05) is 18.2 Å². The number of carbonyl (C=O) groups excluding carboxylic acids is 1. The Morgan fingerprint density at radius 3 is 2.61 bits per heavy atom. The van der Waals surface area contributed by atoms with Crippen molar-refractivity contribution in [2.75, 3.05) is 5.75 Å². The molecule has 6 heteroatoms. The van der Waals surface area contributed by atoms with Crippen LogP contribution in [-0.4, -0.2) is 26.4 Å². The maximum absolute atomic E-state index is 11.1. The Bertz CT molecular complexity index is 650. The summed E-state index contributed by atoms with van der Waals surface area (Å²) in [7, 11) is 0. The van der Waals surface area contributed by atoms with Gasteiger partial charge in [-0.3, -0.25) is 4.79 Å². The number of primary amides is 1. The molecule has 23 heavy (non-hydrogen) atoms. The number of thioether (sulfide) groups is 1. The van der Waals surface area contributed by atoms with Crippen molar-refractivity contribution in [1.82, 2.24) is 14.8 Å². The van der Waals surface area contributed by atoms with E-state index in [2.05, 4.69) is 26.9 Å². The predicted molar refractivity (Wildman–Crippen MR) is 91.3 cm³/mol. The highest BCUT2D eigenvalue weighted by Crippen LogP contribution is 2.33. The van der Waals surface area contributed by atoms with Crippen LogP contribution in [0.5, 0.6) is 0 Å². The average molecular weight is 330 g/mol. The molecule has 1 fully saturated rings. The van der Waals surface area contributed by atoms with Gasteiger partial charge in [-0.1, -0.05) is 61.4 Å². The summed E-state index contributed by atoms with van der Waals surface area (Å²) in [5.74, 6) is 1.43. The maximum atomic E-state index is 11.1. The number of nitrogens with zero attached hydrogens (tertiary/aromatic N) is 3. The monoisotopic (exact) mass is 330 g/mol. The summed E-state index contributed by atoms with van der Waals surface area (Å²) in [6.45, 7) is 0.737. The van der Waals surface area contributed by atoms with E-state index in [4.69, 9.17) is 5.73 Å². The lowest BCUT2D eigenvalue weighted by atomic mass is 9.88. The van der Waals surface area contributed by atoms with Crippen molar-refractivity contribution in [2.45, 2.75) is 49.7 Å². The van der Waals surface area contributed by atoms with Gasteiger partial charge in [0, 0.05) is 5.92 Å². The molecule has 2 N–H and O–H groups in total. The summed E-state index contributed by atoms with van der Waals surface area (Å²) >= 11 is 1.37. The molecule has 0 atom stereocenters. The fourth-order valence-corrected chi connectivity index (χ4v) is 3.80. The summed E-state index contributed by atoms with van der Waals surface area (Å²) in [5, 5.41) is 9.57. The van der Waals surface area contributed by atoms with Crippen LogP contribution in [0.3, 0.4) is 0 Å². The SMILES string of the molecule is NC(=O)CSc1nnc(C2CCCCC2)n1Cc1ccccc1. The Morgan fingerprint density at radius 2 is 1.91 bits per heavy atom. The summed E-state index contributed by atoms with van der Waals surface area (Å²) in [6.07, 6.45) is 6.17. The molecule has 0 bridgehead atoms. The molecule has 122 valence electrons. The number of hydrogen-bond donors (Lipinski definition) is 1. The Balaban J connectivity index is 1.87. The number of aromatic nitrogens is 3. The van der Waals surface area contributed by atoms with Crippen molar-refractivity contribution in [3.63, 3.8) is 0 Å². The van der Waals surface area contributed by atoms with Crippen LogP contribution in [-0.2, 0) is 11.3 Å². The van der Waals surface area contributed by atoms with E-state index in [9.17, 15) is 4.79 Å². The minimum Gasteiger partial charge on any atom is -0.369 e. The molecule has 1 amide bonds. The minimum atomic E-state index is -0.330. The lowest BCUT2D eigenvalue weighted by molar-refractivity contribution is -0.115. The van der Waals surface area contributed by atoms with Crippen LogP contribution in [0.15, 0.2) is 35.5 Å². The normalized spacial score (nSPS) is 15.7. The van der Waals surface area contributed by atoms with Crippen LogP contribution in [0.2, 0.25) is 0 Å². The summed E-state index contributed by atoms with van der Waals surface area (Å²) < 4.78 is 2.17. The average Bonchev–Trinajstić information content (AvgIpc) is 2.97. The van der Waals surface area contributed by atoms with Crippen LogP contribution in [0.25, 0.3) is 0 Å². The van der Waals surface area contributed by atoms with Crippen LogP contribution in [0.4, 0.5) is 0 Å². The number of amides is 1. The summed E-state index contributed by atoms with van der Waals surface area (Å²) in [6, 6.07) is 10.3. The molecule has 0 saturated heterocycles. The standard InChI is InChI=1S/C17H22N4OS/c18-15(22)12-23-17-20-19-16(14-9-5-2-6-10-14)21(17)11-13-7-3-1-4-8-13/h1,3-4,7-8,14H,2,5-6,9-12H2,(H2,18,22). The van der Waals surface area contributed by atoms with Gasteiger partial charge in [0.15, 0.2) is 5.16 Å². The molecule has 0 aliphatic heterocycles. The van der Waals surface area contributed by atoms with Crippen LogP contribution < -0.4 is 5.73 Å². The quantitative estimate of drug-likeness (QED) is 0.826. The molecule has 5 nitrogen and oxygen atoms in total. The van der Waals surface area contributed by atoms with Crippen molar-refractivity contribution in [1.29, 1.82) is 0 Å². The van der Waals surface area contributed by atoms with E-state index in [0.717, 1.165) is 17.5 Å². The first-order chi connectivity index (χ1) is 11.2. The van der Waals surface area contributed by atoms with E-state index < -0.39 is 0 Å². The van der Waals surface area contributed by atoms with E-state index in [1.54, 1.807) is 0 Å². The topological polar surface area (TPSA) is 73.8 Å². The Labute approximate surface area is 140 Å². The lowest BCUT2D eigenvalue weighted by Gasteiger charge is -2.22. The van der Waals surface area contributed by atoms with Gasteiger partial charge in [0.05, 0.1) is 12.3 Å². The molecule has 3 rings (SSSR count). The number of hydrogen-bond acceptors (Lipinski definition) is 4. The van der Waals surface area contributed by atoms with Crippen LogP contribution >= 0.6 is 11.8 Å². The third-order valence-corrected chi connectivity index (χ3v) is 5.23. The van der Waals surface area contributed by atoms with Crippen LogP contribution in [0, 0.1) is 0 Å². The molecule has 1 heterocycles. The smallest absolute Gasteiger partial charge is 0.227 e. The first-order valence-corrected chi connectivity index (χ1v) is 9.10. The number of rotatable bonds is 6. The predicted octanol–water partition coefficient (Wildman–Crippen LogP) is 2.95. The second-order valence-electron chi connectivity index (χ2n) is 6.00. The molecule has 1 aromatic heterocycles. The Kier molecular flexibility index (Phi) is 5.33. The highest BCUT2D eigenvalue weighted by molar-refractivity contribution is 7.99. The molecular formula is C17H22N4OS. The fraction of sp³-hybridized carbons (Fsp3) is 0.471. The van der Waals surface area contributed by atoms with Gasteiger partial charge >= 0.3 is 0 Å². The fourth-order valence-electron chi connectivity index (χ4n) is 3.12.